The summed E-state index contributed by atoms with van der Waals surface area (Å²) >= 11 is 0. The Hall–Kier alpha value is -0.920. The van der Waals surface area contributed by atoms with Crippen LogP contribution in [0.4, 0.5) is 0 Å². The smallest absolute Gasteiger partial charge is 0.156 e. The topological polar surface area (TPSA) is 18.5 Å². The van der Waals surface area contributed by atoms with Crippen LogP contribution >= 0.6 is 0 Å². The van der Waals surface area contributed by atoms with Crippen molar-refractivity contribution >= 4 is 0 Å². The Bertz CT molecular complexity index is 226. The van der Waals surface area contributed by atoms with Gasteiger partial charge in [-0.25, -0.2) is 0 Å². The van der Waals surface area contributed by atoms with Crippen molar-refractivity contribution in [1.82, 2.24) is 0 Å². The van der Waals surface area contributed by atoms with E-state index in [0.717, 1.165) is 17.9 Å². The highest BCUT2D eigenvalue weighted by Gasteiger charge is 2.19. The standard InChI is InChI=1S/C10H16O2/c1-7-5-8(2)10(12-4)9(6-7)11-3/h6,8H,5H2,1-4H3. The highest BCUT2D eigenvalue weighted by atomic mass is 16.5. The van der Waals surface area contributed by atoms with Gasteiger partial charge < -0.3 is 9.47 Å². The molecule has 1 unspecified atom stereocenters. The third-order valence-corrected chi connectivity index (χ3v) is 2.14. The van der Waals surface area contributed by atoms with Crippen molar-refractivity contribution in [3.63, 3.8) is 0 Å². The van der Waals surface area contributed by atoms with Gasteiger partial charge in [-0.2, -0.15) is 0 Å². The molecule has 68 valence electrons. The van der Waals surface area contributed by atoms with Gasteiger partial charge in [-0.3, -0.25) is 0 Å². The first-order valence-electron chi connectivity index (χ1n) is 4.18. The molecule has 0 aliphatic heterocycles. The maximum absolute atomic E-state index is 5.27. The molecule has 0 saturated heterocycles. The Morgan fingerprint density at radius 2 is 2.00 bits per heavy atom. The molecule has 0 spiro atoms. The lowest BCUT2D eigenvalue weighted by molar-refractivity contribution is 0.195. The average molecular weight is 168 g/mol. The van der Waals surface area contributed by atoms with Crippen molar-refractivity contribution in [2.45, 2.75) is 20.3 Å². The van der Waals surface area contributed by atoms with Crippen LogP contribution in [0.1, 0.15) is 20.3 Å². The molecule has 0 radical (unpaired) electrons. The van der Waals surface area contributed by atoms with Crippen molar-refractivity contribution in [3.8, 4) is 0 Å². The summed E-state index contributed by atoms with van der Waals surface area (Å²) < 4.78 is 10.5. The highest BCUT2D eigenvalue weighted by molar-refractivity contribution is 5.27. The summed E-state index contributed by atoms with van der Waals surface area (Å²) in [6.07, 6.45) is 3.11. The summed E-state index contributed by atoms with van der Waals surface area (Å²) in [6.45, 7) is 4.26. The molecule has 1 rings (SSSR count). The first-order chi connectivity index (χ1) is 5.69. The number of allylic oxidation sites excluding steroid dienone is 3. The number of hydrogen-bond donors (Lipinski definition) is 0. The normalized spacial score (nSPS) is 23.7. The van der Waals surface area contributed by atoms with E-state index in [9.17, 15) is 0 Å². The molecule has 0 heterocycles. The molecule has 0 N–H and O–H groups in total. The summed E-state index contributed by atoms with van der Waals surface area (Å²) in [6, 6.07) is 0. The second kappa shape index (κ2) is 3.65. The zero-order chi connectivity index (χ0) is 9.14. The molecule has 0 saturated carbocycles. The lowest BCUT2D eigenvalue weighted by Crippen LogP contribution is -2.10. The zero-order valence-corrected chi connectivity index (χ0v) is 8.18. The molecule has 0 aromatic rings. The Labute approximate surface area is 73.9 Å². The molecule has 0 amide bonds. The van der Waals surface area contributed by atoms with Gasteiger partial charge in [0.2, 0.25) is 0 Å². The quantitative estimate of drug-likeness (QED) is 0.630. The Morgan fingerprint density at radius 1 is 1.33 bits per heavy atom. The summed E-state index contributed by atoms with van der Waals surface area (Å²) in [4.78, 5) is 0. The lowest BCUT2D eigenvalue weighted by Gasteiger charge is -2.22. The van der Waals surface area contributed by atoms with E-state index in [4.69, 9.17) is 9.47 Å². The first-order valence-corrected chi connectivity index (χ1v) is 4.18. The van der Waals surface area contributed by atoms with E-state index < -0.39 is 0 Å². The molecule has 1 atom stereocenters. The van der Waals surface area contributed by atoms with Crippen molar-refractivity contribution in [1.29, 1.82) is 0 Å². The largest absolute Gasteiger partial charge is 0.497 e. The van der Waals surface area contributed by atoms with E-state index in [1.807, 2.05) is 6.08 Å². The van der Waals surface area contributed by atoms with Crippen LogP contribution in [0.15, 0.2) is 23.2 Å². The number of hydrogen-bond acceptors (Lipinski definition) is 2. The summed E-state index contributed by atoms with van der Waals surface area (Å²) in [5, 5.41) is 0. The van der Waals surface area contributed by atoms with Gasteiger partial charge in [0.25, 0.3) is 0 Å². The van der Waals surface area contributed by atoms with Crippen LogP contribution in [0, 0.1) is 5.92 Å². The number of methoxy groups -OCH3 is 2. The molecule has 0 aromatic carbocycles. The van der Waals surface area contributed by atoms with Gasteiger partial charge in [-0.1, -0.05) is 12.5 Å². The fourth-order valence-electron chi connectivity index (χ4n) is 1.63. The third kappa shape index (κ3) is 1.63. The van der Waals surface area contributed by atoms with Crippen LogP contribution in [0.5, 0.6) is 0 Å². The van der Waals surface area contributed by atoms with Crippen LogP contribution in [0.2, 0.25) is 0 Å². The van der Waals surface area contributed by atoms with Gasteiger partial charge in [-0.05, 0) is 19.4 Å². The molecule has 0 aromatic heterocycles. The van der Waals surface area contributed by atoms with Crippen LogP contribution in [0.25, 0.3) is 0 Å². The highest BCUT2D eigenvalue weighted by Crippen LogP contribution is 2.29. The second-order valence-electron chi connectivity index (χ2n) is 3.23. The number of rotatable bonds is 2. The molecule has 1 aliphatic carbocycles. The SMILES string of the molecule is COC1=C(OC)C(C)CC(C)=C1. The number of ether oxygens (including phenoxy) is 2. The van der Waals surface area contributed by atoms with Gasteiger partial charge in [-0.15, -0.1) is 0 Å². The van der Waals surface area contributed by atoms with Gasteiger partial charge in [0.1, 0.15) is 5.76 Å². The molecule has 2 heteroatoms. The predicted octanol–water partition coefficient (Wildman–Crippen LogP) is 2.48. The fraction of sp³-hybridized carbons (Fsp3) is 0.600. The molecule has 2 nitrogen and oxygen atoms in total. The maximum Gasteiger partial charge on any atom is 0.156 e. The minimum Gasteiger partial charge on any atom is -0.497 e. The Morgan fingerprint density at radius 3 is 2.50 bits per heavy atom. The molecule has 1 aliphatic rings. The molecular formula is C10H16O2. The molecular weight excluding hydrogens is 152 g/mol. The minimum absolute atomic E-state index is 0.440. The monoisotopic (exact) mass is 168 g/mol. The zero-order valence-electron chi connectivity index (χ0n) is 8.18. The second-order valence-corrected chi connectivity index (χ2v) is 3.23. The van der Waals surface area contributed by atoms with E-state index in [1.165, 1.54) is 5.57 Å². The van der Waals surface area contributed by atoms with Crippen molar-refractivity contribution < 1.29 is 9.47 Å². The van der Waals surface area contributed by atoms with Crippen molar-refractivity contribution in [2.24, 2.45) is 5.92 Å². The fourth-order valence-corrected chi connectivity index (χ4v) is 1.63. The van der Waals surface area contributed by atoms with Crippen molar-refractivity contribution in [3.05, 3.63) is 23.2 Å². The molecule has 12 heavy (non-hydrogen) atoms. The minimum atomic E-state index is 0.440. The predicted molar refractivity (Wildman–Crippen MR) is 48.6 cm³/mol. The summed E-state index contributed by atoms with van der Waals surface area (Å²) in [7, 11) is 3.37. The lowest BCUT2D eigenvalue weighted by atomic mass is 9.94. The van der Waals surface area contributed by atoms with Crippen LogP contribution in [-0.4, -0.2) is 14.2 Å². The van der Waals surface area contributed by atoms with E-state index in [-0.39, 0.29) is 0 Å². The van der Waals surface area contributed by atoms with Crippen molar-refractivity contribution in [2.75, 3.05) is 14.2 Å². The van der Waals surface area contributed by atoms with Gasteiger partial charge in [0, 0.05) is 5.92 Å². The van der Waals surface area contributed by atoms with E-state index in [2.05, 4.69) is 13.8 Å². The van der Waals surface area contributed by atoms with Gasteiger partial charge >= 0.3 is 0 Å². The van der Waals surface area contributed by atoms with E-state index in [0.29, 0.717) is 5.92 Å². The van der Waals surface area contributed by atoms with Crippen LogP contribution in [0.3, 0.4) is 0 Å². The Balaban J connectivity index is 2.96. The maximum atomic E-state index is 5.27. The molecule has 0 fully saturated rings. The summed E-state index contributed by atoms with van der Waals surface area (Å²) in [5.41, 5.74) is 1.35. The van der Waals surface area contributed by atoms with Gasteiger partial charge in [0.05, 0.1) is 14.2 Å². The third-order valence-electron chi connectivity index (χ3n) is 2.14. The average Bonchev–Trinajstić information content (AvgIpc) is 2.03. The van der Waals surface area contributed by atoms with Gasteiger partial charge in [0.15, 0.2) is 5.76 Å². The van der Waals surface area contributed by atoms with E-state index in [1.54, 1.807) is 14.2 Å². The van der Waals surface area contributed by atoms with E-state index >= 15 is 0 Å². The Kier molecular flexibility index (Phi) is 2.79. The summed E-state index contributed by atoms with van der Waals surface area (Å²) in [5.74, 6) is 2.27. The molecule has 0 bridgehead atoms. The van der Waals surface area contributed by atoms with Crippen LogP contribution < -0.4 is 0 Å². The van der Waals surface area contributed by atoms with Crippen LogP contribution in [-0.2, 0) is 9.47 Å². The first kappa shape index (κ1) is 9.17.